The van der Waals surface area contributed by atoms with Crippen molar-refractivity contribution in [3.05, 3.63) is 121 Å². The zero-order chi connectivity index (χ0) is 32.6. The average Bonchev–Trinajstić information content (AvgIpc) is 3.05. The van der Waals surface area contributed by atoms with E-state index in [0.29, 0.717) is 18.4 Å². The number of hydrogen-bond acceptors (Lipinski definition) is 10. The Hall–Kier alpha value is -5.39. The maximum absolute atomic E-state index is 13.0. The van der Waals surface area contributed by atoms with E-state index in [9.17, 15) is 34.6 Å². The van der Waals surface area contributed by atoms with Crippen molar-refractivity contribution in [2.24, 2.45) is 5.92 Å². The van der Waals surface area contributed by atoms with Crippen molar-refractivity contribution in [1.82, 2.24) is 0 Å². The van der Waals surface area contributed by atoms with Crippen LogP contribution in [0.3, 0.4) is 0 Å². The Morgan fingerprint density at radius 1 is 0.711 bits per heavy atom. The van der Waals surface area contributed by atoms with Gasteiger partial charge >= 0.3 is 17.9 Å². The van der Waals surface area contributed by atoms with Gasteiger partial charge in [-0.2, -0.15) is 0 Å². The summed E-state index contributed by atoms with van der Waals surface area (Å²) in [6.45, 7) is 0.446. The molecule has 0 amide bonds. The number of benzene rings is 3. The molecule has 0 saturated carbocycles. The van der Waals surface area contributed by atoms with Crippen molar-refractivity contribution in [2.75, 3.05) is 20.3 Å². The van der Waals surface area contributed by atoms with Crippen LogP contribution in [0.2, 0.25) is 0 Å². The number of carbonyl (C=O) groups is 3. The summed E-state index contributed by atoms with van der Waals surface area (Å²) in [5.41, 5.74) is 2.48. The highest BCUT2D eigenvalue weighted by Gasteiger charge is 2.22. The smallest absolute Gasteiger partial charge is 0.338 e. The predicted molar refractivity (Wildman–Crippen MR) is 164 cm³/mol. The standard InChI is InChI=1S/C33H34N2O10/c1-43-31(36)19-12-24-6-13-27(14-7-24)32(37)44-20-4-2-3-5-21-45-33(38)28(22-25-8-15-29(16-9-25)34(39)40)23-26-10-17-30(18-11-26)35(41)42/h6-19,28H,2-5,20-23H2,1H3. The fourth-order valence-electron chi connectivity index (χ4n) is 4.37. The normalized spacial score (nSPS) is 10.9. The third-order valence-corrected chi connectivity index (χ3v) is 6.87. The second-order valence-corrected chi connectivity index (χ2v) is 10.1. The Morgan fingerprint density at radius 2 is 1.20 bits per heavy atom. The van der Waals surface area contributed by atoms with Crippen LogP contribution in [0.4, 0.5) is 11.4 Å². The summed E-state index contributed by atoms with van der Waals surface area (Å²) in [4.78, 5) is 57.4. The lowest BCUT2D eigenvalue weighted by Gasteiger charge is -2.16. The molecular weight excluding hydrogens is 584 g/mol. The maximum atomic E-state index is 13.0. The minimum atomic E-state index is -0.592. The SMILES string of the molecule is COC(=O)C=Cc1ccc(C(=O)OCCCCCCOC(=O)C(Cc2ccc([N+](=O)[O-])cc2)Cc2ccc([N+](=O)[O-])cc2)cc1. The van der Waals surface area contributed by atoms with Crippen molar-refractivity contribution < 1.29 is 38.4 Å². The van der Waals surface area contributed by atoms with E-state index in [-0.39, 0.29) is 37.4 Å². The first kappa shape index (κ1) is 34.1. The molecule has 45 heavy (non-hydrogen) atoms. The van der Waals surface area contributed by atoms with Crippen LogP contribution in [0.15, 0.2) is 78.9 Å². The number of carbonyl (C=O) groups excluding carboxylic acids is 3. The average molecular weight is 619 g/mol. The Morgan fingerprint density at radius 3 is 1.67 bits per heavy atom. The zero-order valence-corrected chi connectivity index (χ0v) is 24.8. The van der Waals surface area contributed by atoms with Crippen LogP contribution in [0.1, 0.15) is 52.7 Å². The number of non-ortho nitro benzene ring substituents is 2. The fraction of sp³-hybridized carbons (Fsp3) is 0.303. The second-order valence-electron chi connectivity index (χ2n) is 10.1. The van der Waals surface area contributed by atoms with Crippen molar-refractivity contribution in [2.45, 2.75) is 38.5 Å². The molecule has 0 radical (unpaired) electrons. The molecule has 0 aliphatic rings. The molecule has 0 aliphatic heterocycles. The molecule has 3 rings (SSSR count). The summed E-state index contributed by atoms with van der Waals surface area (Å²) in [6.07, 6.45) is 6.20. The molecule has 0 bridgehead atoms. The summed E-state index contributed by atoms with van der Waals surface area (Å²) < 4.78 is 15.4. The highest BCUT2D eigenvalue weighted by atomic mass is 16.6. The number of methoxy groups -OCH3 is 1. The molecule has 0 heterocycles. The summed E-state index contributed by atoms with van der Waals surface area (Å²) in [5, 5.41) is 22.0. The van der Waals surface area contributed by atoms with Gasteiger partial charge in [0, 0.05) is 30.3 Å². The first-order valence-corrected chi connectivity index (χ1v) is 14.3. The predicted octanol–water partition coefficient (Wildman–Crippen LogP) is 6.05. The summed E-state index contributed by atoms with van der Waals surface area (Å²) in [5.74, 6) is -1.93. The number of nitro groups is 2. The molecular formula is C33H34N2O10. The Kier molecular flexibility index (Phi) is 13.4. The van der Waals surface area contributed by atoms with Crippen LogP contribution in [0.25, 0.3) is 6.08 Å². The quantitative estimate of drug-likeness (QED) is 0.0434. The van der Waals surface area contributed by atoms with Crippen LogP contribution < -0.4 is 0 Å². The minimum absolute atomic E-state index is 0.0524. The van der Waals surface area contributed by atoms with Gasteiger partial charge in [-0.1, -0.05) is 36.4 Å². The Labute approximate surface area is 259 Å². The van der Waals surface area contributed by atoms with E-state index in [1.165, 1.54) is 37.5 Å². The number of nitrogens with zero attached hydrogens (tertiary/aromatic N) is 2. The second kappa shape index (κ2) is 17.7. The summed E-state index contributed by atoms with van der Waals surface area (Å²) >= 11 is 0. The van der Waals surface area contributed by atoms with Gasteiger partial charge in [0.05, 0.1) is 41.7 Å². The van der Waals surface area contributed by atoms with Crippen molar-refractivity contribution in [3.8, 4) is 0 Å². The molecule has 0 atom stereocenters. The van der Waals surface area contributed by atoms with E-state index < -0.39 is 33.7 Å². The minimum Gasteiger partial charge on any atom is -0.466 e. The molecule has 12 nitrogen and oxygen atoms in total. The van der Waals surface area contributed by atoms with Gasteiger partial charge in [0.1, 0.15) is 0 Å². The monoisotopic (exact) mass is 618 g/mol. The van der Waals surface area contributed by atoms with Crippen molar-refractivity contribution >= 4 is 35.4 Å². The number of unbranched alkanes of at least 4 members (excludes halogenated alkanes) is 3. The Balaban J connectivity index is 1.41. The lowest BCUT2D eigenvalue weighted by atomic mass is 9.92. The Bertz CT molecular complexity index is 1420. The number of esters is 3. The molecule has 0 aromatic heterocycles. The zero-order valence-electron chi connectivity index (χ0n) is 24.8. The third-order valence-electron chi connectivity index (χ3n) is 6.87. The first-order valence-electron chi connectivity index (χ1n) is 14.3. The van der Waals surface area contributed by atoms with Gasteiger partial charge in [-0.3, -0.25) is 25.0 Å². The fourth-order valence-corrected chi connectivity index (χ4v) is 4.37. The van der Waals surface area contributed by atoms with Gasteiger partial charge in [0.15, 0.2) is 0 Å². The van der Waals surface area contributed by atoms with Gasteiger partial charge in [-0.15, -0.1) is 0 Å². The highest BCUT2D eigenvalue weighted by molar-refractivity contribution is 5.90. The van der Waals surface area contributed by atoms with E-state index in [1.807, 2.05) is 0 Å². The number of hydrogen-bond donors (Lipinski definition) is 0. The largest absolute Gasteiger partial charge is 0.466 e. The molecule has 3 aromatic carbocycles. The summed E-state index contributed by atoms with van der Waals surface area (Å²) in [6, 6.07) is 18.5. The van der Waals surface area contributed by atoms with Crippen molar-refractivity contribution in [1.29, 1.82) is 0 Å². The molecule has 3 aromatic rings. The van der Waals surface area contributed by atoms with Crippen molar-refractivity contribution in [3.63, 3.8) is 0 Å². The van der Waals surface area contributed by atoms with E-state index >= 15 is 0 Å². The van der Waals surface area contributed by atoms with Gasteiger partial charge in [-0.25, -0.2) is 9.59 Å². The summed E-state index contributed by atoms with van der Waals surface area (Å²) in [7, 11) is 1.29. The lowest BCUT2D eigenvalue weighted by molar-refractivity contribution is -0.385. The van der Waals surface area contributed by atoms with Gasteiger partial charge in [-0.05, 0) is 73.4 Å². The maximum Gasteiger partial charge on any atom is 0.338 e. The number of rotatable bonds is 17. The molecule has 0 spiro atoms. The van der Waals surface area contributed by atoms with Crippen LogP contribution in [-0.2, 0) is 36.6 Å². The van der Waals surface area contributed by atoms with Crippen LogP contribution >= 0.6 is 0 Å². The van der Waals surface area contributed by atoms with Gasteiger partial charge in [0.2, 0.25) is 0 Å². The molecule has 0 saturated heterocycles. The van der Waals surface area contributed by atoms with Crippen LogP contribution in [0.5, 0.6) is 0 Å². The molecule has 0 fully saturated rings. The topological polar surface area (TPSA) is 165 Å². The van der Waals surface area contributed by atoms with Crippen LogP contribution in [0, 0.1) is 26.1 Å². The molecule has 12 heteroatoms. The molecule has 236 valence electrons. The van der Waals surface area contributed by atoms with Crippen LogP contribution in [-0.4, -0.2) is 48.1 Å². The van der Waals surface area contributed by atoms with Gasteiger partial charge in [0.25, 0.3) is 11.4 Å². The van der Waals surface area contributed by atoms with E-state index in [1.54, 1.807) is 54.6 Å². The molecule has 0 unspecified atom stereocenters. The molecule has 0 aliphatic carbocycles. The lowest BCUT2D eigenvalue weighted by Crippen LogP contribution is -2.23. The molecule has 0 N–H and O–H groups in total. The van der Waals surface area contributed by atoms with Gasteiger partial charge < -0.3 is 14.2 Å². The number of nitro benzene ring substituents is 2. The highest BCUT2D eigenvalue weighted by Crippen LogP contribution is 2.21. The first-order chi connectivity index (χ1) is 21.7. The third kappa shape index (κ3) is 11.7. The van der Waals surface area contributed by atoms with E-state index in [0.717, 1.165) is 29.5 Å². The number of ether oxygens (including phenoxy) is 3. The van der Waals surface area contributed by atoms with E-state index in [4.69, 9.17) is 9.47 Å². The van der Waals surface area contributed by atoms with E-state index in [2.05, 4.69) is 4.74 Å².